The molecule has 22 heavy (non-hydrogen) atoms. The lowest BCUT2D eigenvalue weighted by atomic mass is 10.00. The van der Waals surface area contributed by atoms with Crippen molar-refractivity contribution in [1.29, 1.82) is 0 Å². The Morgan fingerprint density at radius 1 is 1.09 bits per heavy atom. The first-order valence-electron chi connectivity index (χ1n) is 8.51. The summed E-state index contributed by atoms with van der Waals surface area (Å²) in [7, 11) is 2.16. The molecule has 1 unspecified atom stereocenters. The van der Waals surface area contributed by atoms with E-state index in [1.54, 1.807) is 6.33 Å². The minimum Gasteiger partial charge on any atom is -0.393 e. The van der Waals surface area contributed by atoms with Crippen LogP contribution in [-0.2, 0) is 0 Å². The highest BCUT2D eigenvalue weighted by molar-refractivity contribution is 5.76. The zero-order chi connectivity index (χ0) is 15.5. The summed E-state index contributed by atoms with van der Waals surface area (Å²) in [4.78, 5) is 16.0. The first-order valence-corrected chi connectivity index (χ1v) is 8.51. The van der Waals surface area contributed by atoms with Crippen molar-refractivity contribution in [2.75, 3.05) is 55.3 Å². The standard InChI is InChI=1S/C16H28N6/c1-3-13-6-4-5-7-22(13)16-14(17)15(18-12-19-16)21-10-8-20(2)9-11-21/h12-13H,3-11,17H2,1-2H3. The lowest BCUT2D eigenvalue weighted by Gasteiger charge is -2.38. The fraction of sp³-hybridized carbons (Fsp3) is 0.750. The van der Waals surface area contributed by atoms with Gasteiger partial charge in [0, 0.05) is 38.8 Å². The van der Waals surface area contributed by atoms with Crippen molar-refractivity contribution in [2.45, 2.75) is 38.6 Å². The normalized spacial score (nSPS) is 23.8. The summed E-state index contributed by atoms with van der Waals surface area (Å²) in [5, 5.41) is 0. The molecule has 1 aromatic heterocycles. The van der Waals surface area contributed by atoms with Crippen molar-refractivity contribution >= 4 is 17.3 Å². The Bertz CT molecular complexity index is 497. The topological polar surface area (TPSA) is 61.5 Å². The molecule has 3 heterocycles. The van der Waals surface area contributed by atoms with Gasteiger partial charge in [0.1, 0.15) is 12.0 Å². The van der Waals surface area contributed by atoms with Gasteiger partial charge in [-0.05, 0) is 32.7 Å². The van der Waals surface area contributed by atoms with Crippen LogP contribution in [0.3, 0.4) is 0 Å². The Balaban J connectivity index is 1.85. The van der Waals surface area contributed by atoms with Gasteiger partial charge in [0.05, 0.1) is 0 Å². The van der Waals surface area contributed by atoms with E-state index in [4.69, 9.17) is 5.73 Å². The average molecular weight is 304 g/mol. The summed E-state index contributed by atoms with van der Waals surface area (Å²) < 4.78 is 0. The van der Waals surface area contributed by atoms with Crippen LogP contribution in [0.5, 0.6) is 0 Å². The van der Waals surface area contributed by atoms with Gasteiger partial charge in [-0.25, -0.2) is 9.97 Å². The maximum Gasteiger partial charge on any atom is 0.157 e. The molecule has 0 spiro atoms. The Morgan fingerprint density at radius 2 is 1.82 bits per heavy atom. The monoisotopic (exact) mass is 304 g/mol. The molecule has 2 aliphatic rings. The average Bonchev–Trinajstić information content (AvgIpc) is 2.56. The third kappa shape index (κ3) is 2.97. The number of nitrogens with zero attached hydrogens (tertiary/aromatic N) is 5. The van der Waals surface area contributed by atoms with E-state index in [0.29, 0.717) is 6.04 Å². The summed E-state index contributed by atoms with van der Waals surface area (Å²) in [6.45, 7) is 7.38. The third-order valence-electron chi connectivity index (χ3n) is 5.02. The molecule has 6 nitrogen and oxygen atoms in total. The van der Waals surface area contributed by atoms with E-state index < -0.39 is 0 Å². The van der Waals surface area contributed by atoms with Gasteiger partial charge in [-0.15, -0.1) is 0 Å². The van der Waals surface area contributed by atoms with Gasteiger partial charge < -0.3 is 20.4 Å². The van der Waals surface area contributed by atoms with E-state index >= 15 is 0 Å². The molecule has 2 N–H and O–H groups in total. The van der Waals surface area contributed by atoms with Crippen molar-refractivity contribution < 1.29 is 0 Å². The Labute approximate surface area is 133 Å². The third-order valence-corrected chi connectivity index (χ3v) is 5.02. The molecule has 0 bridgehead atoms. The van der Waals surface area contributed by atoms with Crippen LogP contribution in [-0.4, -0.2) is 60.7 Å². The largest absolute Gasteiger partial charge is 0.393 e. The Morgan fingerprint density at radius 3 is 2.55 bits per heavy atom. The SMILES string of the molecule is CCC1CCCCN1c1ncnc(N2CCN(C)CC2)c1N. The molecule has 0 radical (unpaired) electrons. The number of likely N-dealkylation sites (N-methyl/N-ethyl adjacent to an activating group) is 1. The molecule has 2 saturated heterocycles. The van der Waals surface area contributed by atoms with Crippen LogP contribution in [0.1, 0.15) is 32.6 Å². The van der Waals surface area contributed by atoms with Crippen LogP contribution >= 0.6 is 0 Å². The highest BCUT2D eigenvalue weighted by atomic mass is 15.3. The number of nitrogens with two attached hydrogens (primary N) is 1. The summed E-state index contributed by atoms with van der Waals surface area (Å²) >= 11 is 0. The molecule has 6 heteroatoms. The van der Waals surface area contributed by atoms with Crippen molar-refractivity contribution in [2.24, 2.45) is 0 Å². The van der Waals surface area contributed by atoms with Gasteiger partial charge >= 0.3 is 0 Å². The number of piperazine rings is 1. The zero-order valence-electron chi connectivity index (χ0n) is 13.8. The smallest absolute Gasteiger partial charge is 0.157 e. The highest BCUT2D eigenvalue weighted by Crippen LogP contribution is 2.33. The van der Waals surface area contributed by atoms with Crippen molar-refractivity contribution in [3.05, 3.63) is 6.33 Å². The van der Waals surface area contributed by atoms with Crippen molar-refractivity contribution in [3.8, 4) is 0 Å². The van der Waals surface area contributed by atoms with Crippen LogP contribution in [0.25, 0.3) is 0 Å². The number of hydrogen-bond acceptors (Lipinski definition) is 6. The van der Waals surface area contributed by atoms with Crippen LogP contribution in [0, 0.1) is 0 Å². The maximum absolute atomic E-state index is 6.47. The lowest BCUT2D eigenvalue weighted by Crippen LogP contribution is -2.45. The van der Waals surface area contributed by atoms with Crippen molar-refractivity contribution in [1.82, 2.24) is 14.9 Å². The molecule has 1 atom stereocenters. The molecule has 2 fully saturated rings. The first kappa shape index (κ1) is 15.3. The quantitative estimate of drug-likeness (QED) is 0.915. The predicted octanol–water partition coefficient (Wildman–Crippen LogP) is 1.58. The molecular weight excluding hydrogens is 276 g/mol. The zero-order valence-corrected chi connectivity index (χ0v) is 13.8. The van der Waals surface area contributed by atoms with Gasteiger partial charge in [-0.3, -0.25) is 0 Å². The van der Waals surface area contributed by atoms with Crippen LogP contribution in [0.15, 0.2) is 6.33 Å². The molecular formula is C16H28N6. The second-order valence-corrected chi connectivity index (χ2v) is 6.48. The minimum absolute atomic E-state index is 0.561. The molecule has 1 aromatic rings. The lowest BCUT2D eigenvalue weighted by molar-refractivity contribution is 0.312. The first-order chi connectivity index (χ1) is 10.7. The highest BCUT2D eigenvalue weighted by Gasteiger charge is 2.26. The van der Waals surface area contributed by atoms with Crippen LogP contribution < -0.4 is 15.5 Å². The molecule has 0 amide bonds. The predicted molar refractivity (Wildman–Crippen MR) is 91.4 cm³/mol. The van der Waals surface area contributed by atoms with Crippen molar-refractivity contribution in [3.63, 3.8) is 0 Å². The van der Waals surface area contributed by atoms with E-state index in [1.807, 2.05) is 0 Å². The number of rotatable bonds is 3. The summed E-state index contributed by atoms with van der Waals surface area (Å²) in [6.07, 6.45) is 6.60. The molecule has 3 rings (SSSR count). The summed E-state index contributed by atoms with van der Waals surface area (Å²) in [5.74, 6) is 1.86. The van der Waals surface area contributed by atoms with Gasteiger partial charge in [0.25, 0.3) is 0 Å². The Kier molecular flexibility index (Phi) is 4.66. The van der Waals surface area contributed by atoms with Gasteiger partial charge in [-0.2, -0.15) is 0 Å². The molecule has 122 valence electrons. The van der Waals surface area contributed by atoms with E-state index in [2.05, 4.69) is 38.6 Å². The van der Waals surface area contributed by atoms with E-state index in [0.717, 1.165) is 56.5 Å². The van der Waals surface area contributed by atoms with E-state index in [1.165, 1.54) is 19.3 Å². The number of anilines is 3. The summed E-state index contributed by atoms with van der Waals surface area (Å²) in [6, 6.07) is 0.561. The maximum atomic E-state index is 6.47. The molecule has 0 aromatic carbocycles. The molecule has 0 aliphatic carbocycles. The van der Waals surface area contributed by atoms with Gasteiger partial charge in [0.15, 0.2) is 11.6 Å². The van der Waals surface area contributed by atoms with Gasteiger partial charge in [-0.1, -0.05) is 6.92 Å². The second-order valence-electron chi connectivity index (χ2n) is 6.48. The summed E-state index contributed by atoms with van der Waals surface area (Å²) in [5.41, 5.74) is 7.23. The van der Waals surface area contributed by atoms with E-state index in [-0.39, 0.29) is 0 Å². The number of hydrogen-bond donors (Lipinski definition) is 1. The Hall–Kier alpha value is -1.56. The number of aromatic nitrogens is 2. The van der Waals surface area contributed by atoms with Crippen LogP contribution in [0.4, 0.5) is 17.3 Å². The minimum atomic E-state index is 0.561. The van der Waals surface area contributed by atoms with E-state index in [9.17, 15) is 0 Å². The molecule has 2 aliphatic heterocycles. The fourth-order valence-corrected chi connectivity index (χ4v) is 3.58. The number of nitrogen functional groups attached to an aromatic ring is 1. The second kappa shape index (κ2) is 6.69. The molecule has 0 saturated carbocycles. The van der Waals surface area contributed by atoms with Crippen LogP contribution in [0.2, 0.25) is 0 Å². The van der Waals surface area contributed by atoms with Gasteiger partial charge in [0.2, 0.25) is 0 Å². The number of piperidine rings is 1. The fourth-order valence-electron chi connectivity index (χ4n) is 3.58.